The lowest BCUT2D eigenvalue weighted by molar-refractivity contribution is 0.0982. The van der Waals surface area contributed by atoms with Crippen LogP contribution in [-0.2, 0) is 0 Å². The van der Waals surface area contributed by atoms with Gasteiger partial charge in [-0.2, -0.15) is 0 Å². The summed E-state index contributed by atoms with van der Waals surface area (Å²) in [5.41, 5.74) is 9.47. The molecule has 184 valence electrons. The number of primary amides is 1. The molecule has 1 amide bonds. The Labute approximate surface area is 207 Å². The number of carbonyl (C=O) groups excluding carboxylic acids is 1. The monoisotopic (exact) mass is 485 g/mol. The Morgan fingerprint density at radius 2 is 1.79 bits per heavy atom. The van der Waals surface area contributed by atoms with Gasteiger partial charge in [-0.25, -0.2) is 9.97 Å². The van der Waals surface area contributed by atoms with Crippen molar-refractivity contribution in [2.75, 3.05) is 56.5 Å². The van der Waals surface area contributed by atoms with Gasteiger partial charge in [0.15, 0.2) is 16.7 Å². The van der Waals surface area contributed by atoms with Crippen LogP contribution in [0.15, 0.2) is 18.2 Å². The van der Waals surface area contributed by atoms with E-state index in [0.717, 1.165) is 18.8 Å². The number of piperazine rings is 1. The largest absolute Gasteiger partial charge is 0.371 e. The molecule has 2 fully saturated rings. The van der Waals surface area contributed by atoms with E-state index >= 15 is 0 Å². The molecule has 2 aliphatic heterocycles. The molecule has 3 heterocycles. The van der Waals surface area contributed by atoms with E-state index in [-0.39, 0.29) is 22.6 Å². The number of nitrogens with zero attached hydrogens (tertiary/aromatic N) is 5. The Morgan fingerprint density at radius 3 is 2.38 bits per heavy atom. The third-order valence-electron chi connectivity index (χ3n) is 6.98. The first kappa shape index (κ1) is 24.7. The molecule has 1 aromatic carbocycles. The van der Waals surface area contributed by atoms with Crippen molar-refractivity contribution in [1.29, 1.82) is 0 Å². The van der Waals surface area contributed by atoms with Gasteiger partial charge in [-0.15, -0.1) is 0 Å². The SMILES string of the molecule is Cc1cc(Nc2nc(Cl)c(C(C)C)nc2C(N)=O)ccc1N1CCC(N2CCN(C)CC2)CC1. The quantitative estimate of drug-likeness (QED) is 0.645. The van der Waals surface area contributed by atoms with Crippen LogP contribution in [0.25, 0.3) is 0 Å². The standard InChI is InChI=1S/C25H36ClN7O/c1-16(2)21-23(26)30-25(22(29-21)24(27)34)28-18-5-6-20(17(3)15-18)33-9-7-19(8-10-33)32-13-11-31(4)12-14-32/h5-6,15-16,19H,7-14H2,1-4H3,(H2,27,34)(H,28,30). The highest BCUT2D eigenvalue weighted by atomic mass is 35.5. The van der Waals surface area contributed by atoms with Gasteiger partial charge >= 0.3 is 0 Å². The normalized spacial score (nSPS) is 18.5. The summed E-state index contributed by atoms with van der Waals surface area (Å²) >= 11 is 6.32. The Bertz CT molecular complexity index is 1030. The number of likely N-dealkylation sites (N-methyl/N-ethyl adjacent to an activating group) is 1. The van der Waals surface area contributed by atoms with Crippen LogP contribution < -0.4 is 16.0 Å². The number of benzene rings is 1. The first-order valence-electron chi connectivity index (χ1n) is 12.2. The number of rotatable bonds is 6. The van der Waals surface area contributed by atoms with Crippen molar-refractivity contribution in [3.63, 3.8) is 0 Å². The highest BCUT2D eigenvalue weighted by Gasteiger charge is 2.27. The summed E-state index contributed by atoms with van der Waals surface area (Å²) in [6.45, 7) is 12.8. The lowest BCUT2D eigenvalue weighted by atomic mass is 10.0. The zero-order valence-electron chi connectivity index (χ0n) is 20.6. The Balaban J connectivity index is 1.44. The molecule has 0 aliphatic carbocycles. The number of aromatic nitrogens is 2. The van der Waals surface area contributed by atoms with Crippen molar-refractivity contribution in [3.05, 3.63) is 40.3 Å². The minimum absolute atomic E-state index is 0.0362. The average molecular weight is 486 g/mol. The van der Waals surface area contributed by atoms with Crippen molar-refractivity contribution in [1.82, 2.24) is 19.8 Å². The van der Waals surface area contributed by atoms with E-state index in [1.165, 1.54) is 50.3 Å². The van der Waals surface area contributed by atoms with Gasteiger partial charge in [0, 0.05) is 56.7 Å². The molecule has 0 unspecified atom stereocenters. The molecule has 0 radical (unpaired) electrons. The van der Waals surface area contributed by atoms with Gasteiger partial charge < -0.3 is 20.9 Å². The van der Waals surface area contributed by atoms with E-state index in [0.29, 0.717) is 11.7 Å². The van der Waals surface area contributed by atoms with Crippen LogP contribution in [0.2, 0.25) is 5.15 Å². The van der Waals surface area contributed by atoms with Crippen molar-refractivity contribution in [3.8, 4) is 0 Å². The number of nitrogens with two attached hydrogens (primary N) is 1. The number of piperidine rings is 1. The summed E-state index contributed by atoms with van der Waals surface area (Å²) in [4.78, 5) is 28.3. The molecule has 0 bridgehead atoms. The average Bonchev–Trinajstić information content (AvgIpc) is 2.79. The minimum Gasteiger partial charge on any atom is -0.371 e. The Morgan fingerprint density at radius 1 is 1.12 bits per heavy atom. The molecule has 0 atom stereocenters. The second-order valence-corrected chi connectivity index (χ2v) is 10.2. The molecule has 3 N–H and O–H groups in total. The van der Waals surface area contributed by atoms with Gasteiger partial charge in [0.2, 0.25) is 0 Å². The highest BCUT2D eigenvalue weighted by Crippen LogP contribution is 2.30. The van der Waals surface area contributed by atoms with Crippen LogP contribution >= 0.6 is 11.6 Å². The zero-order valence-corrected chi connectivity index (χ0v) is 21.4. The van der Waals surface area contributed by atoms with Gasteiger partial charge in [-0.1, -0.05) is 25.4 Å². The number of nitrogens with one attached hydrogen (secondary N) is 1. The molecule has 2 aliphatic rings. The van der Waals surface area contributed by atoms with Crippen LogP contribution in [0.5, 0.6) is 0 Å². The fraction of sp³-hybridized carbons (Fsp3) is 0.560. The Hall–Kier alpha value is -2.42. The topological polar surface area (TPSA) is 90.6 Å². The molecular weight excluding hydrogens is 450 g/mol. The number of hydrogen-bond donors (Lipinski definition) is 2. The third-order valence-corrected chi connectivity index (χ3v) is 7.26. The summed E-state index contributed by atoms with van der Waals surface area (Å²) in [6, 6.07) is 6.90. The number of hydrogen-bond acceptors (Lipinski definition) is 7. The summed E-state index contributed by atoms with van der Waals surface area (Å²) < 4.78 is 0. The number of amides is 1. The lowest BCUT2D eigenvalue weighted by Crippen LogP contribution is -2.52. The predicted molar refractivity (Wildman–Crippen MR) is 138 cm³/mol. The summed E-state index contributed by atoms with van der Waals surface area (Å²) in [5.74, 6) is -0.318. The second kappa shape index (κ2) is 10.5. The Kier molecular flexibility index (Phi) is 7.60. The van der Waals surface area contributed by atoms with Crippen LogP contribution in [-0.4, -0.2) is 78.0 Å². The zero-order chi connectivity index (χ0) is 24.4. The van der Waals surface area contributed by atoms with Gasteiger partial charge in [0.05, 0.1) is 5.69 Å². The van der Waals surface area contributed by atoms with Gasteiger partial charge in [0.1, 0.15) is 0 Å². The number of halogens is 1. The molecule has 8 nitrogen and oxygen atoms in total. The minimum atomic E-state index is -0.634. The van der Waals surface area contributed by atoms with Gasteiger partial charge in [-0.05, 0) is 56.5 Å². The van der Waals surface area contributed by atoms with E-state index in [1.54, 1.807) is 0 Å². The summed E-state index contributed by atoms with van der Waals surface area (Å²) in [7, 11) is 2.21. The molecular formula is C25H36ClN7O. The maximum Gasteiger partial charge on any atom is 0.271 e. The van der Waals surface area contributed by atoms with Crippen molar-refractivity contribution in [2.24, 2.45) is 5.73 Å². The number of aryl methyl sites for hydroxylation is 1. The van der Waals surface area contributed by atoms with E-state index in [2.05, 4.69) is 56.1 Å². The molecule has 2 saturated heterocycles. The molecule has 1 aromatic heterocycles. The first-order valence-corrected chi connectivity index (χ1v) is 12.5. The maximum atomic E-state index is 12.0. The number of carbonyl (C=O) groups is 1. The molecule has 34 heavy (non-hydrogen) atoms. The van der Waals surface area contributed by atoms with Crippen LogP contribution in [0.4, 0.5) is 17.2 Å². The van der Waals surface area contributed by atoms with Crippen LogP contribution in [0.3, 0.4) is 0 Å². The lowest BCUT2D eigenvalue weighted by Gasteiger charge is -2.43. The maximum absolute atomic E-state index is 12.0. The van der Waals surface area contributed by atoms with Crippen molar-refractivity contribution < 1.29 is 4.79 Å². The van der Waals surface area contributed by atoms with E-state index in [1.807, 2.05) is 19.9 Å². The van der Waals surface area contributed by atoms with Crippen LogP contribution in [0.1, 0.15) is 54.4 Å². The highest BCUT2D eigenvalue weighted by molar-refractivity contribution is 6.30. The molecule has 9 heteroatoms. The number of anilines is 3. The molecule has 0 spiro atoms. The summed E-state index contributed by atoms with van der Waals surface area (Å²) in [6.07, 6.45) is 2.39. The smallest absolute Gasteiger partial charge is 0.271 e. The van der Waals surface area contributed by atoms with Crippen molar-refractivity contribution in [2.45, 2.75) is 45.6 Å². The summed E-state index contributed by atoms with van der Waals surface area (Å²) in [5, 5.41) is 3.47. The first-order chi connectivity index (χ1) is 16.2. The van der Waals surface area contributed by atoms with E-state index < -0.39 is 5.91 Å². The second-order valence-electron chi connectivity index (χ2n) is 9.80. The fourth-order valence-electron chi connectivity index (χ4n) is 4.94. The van der Waals surface area contributed by atoms with Gasteiger partial charge in [0.25, 0.3) is 5.91 Å². The van der Waals surface area contributed by atoms with Gasteiger partial charge in [-0.3, -0.25) is 9.69 Å². The third kappa shape index (κ3) is 5.45. The molecule has 4 rings (SSSR count). The van der Waals surface area contributed by atoms with Crippen LogP contribution in [0, 0.1) is 6.92 Å². The van der Waals surface area contributed by atoms with E-state index in [9.17, 15) is 4.79 Å². The van der Waals surface area contributed by atoms with Crippen molar-refractivity contribution >= 4 is 34.7 Å². The van der Waals surface area contributed by atoms with E-state index in [4.69, 9.17) is 17.3 Å². The fourth-order valence-corrected chi connectivity index (χ4v) is 5.28. The molecule has 0 saturated carbocycles. The predicted octanol–water partition coefficient (Wildman–Crippen LogP) is 3.62. The molecule has 2 aromatic rings.